The van der Waals surface area contributed by atoms with Crippen molar-refractivity contribution in [3.8, 4) is 0 Å². The number of nitrogens with one attached hydrogen (secondary N) is 1. The van der Waals surface area contributed by atoms with Gasteiger partial charge >= 0.3 is 0 Å². The van der Waals surface area contributed by atoms with E-state index in [1.807, 2.05) is 0 Å². The normalized spacial score (nSPS) is 34.7. The minimum atomic E-state index is -0.184. The van der Waals surface area contributed by atoms with Crippen LogP contribution < -0.4 is 11.1 Å². The van der Waals surface area contributed by atoms with Gasteiger partial charge in [-0.3, -0.25) is 9.69 Å². The fourth-order valence-corrected chi connectivity index (χ4v) is 2.51. The summed E-state index contributed by atoms with van der Waals surface area (Å²) < 4.78 is 5.22. The molecule has 0 aromatic rings. The zero-order valence-corrected chi connectivity index (χ0v) is 11.3. The summed E-state index contributed by atoms with van der Waals surface area (Å²) in [5, 5.41) is 3.01. The summed E-state index contributed by atoms with van der Waals surface area (Å²) >= 11 is 0. The zero-order chi connectivity index (χ0) is 13.1. The van der Waals surface area contributed by atoms with Crippen LogP contribution in [0.2, 0.25) is 0 Å². The number of nitrogens with zero attached hydrogens (tertiary/aromatic N) is 2. The standard InChI is InChI=1S/C12H24N4O2/c1-15-3-4-16(2)9(6-15)5-14-12(17)10-7-18-8-11(10)13/h9-11H,3-8,13H2,1-2H3,(H,14,17). The van der Waals surface area contributed by atoms with Crippen LogP contribution in [0.5, 0.6) is 0 Å². The second-order valence-corrected chi connectivity index (χ2v) is 5.45. The Kier molecular flexibility index (Phi) is 4.55. The Hall–Kier alpha value is -0.690. The van der Waals surface area contributed by atoms with Crippen LogP contribution >= 0.6 is 0 Å². The molecule has 0 bridgehead atoms. The van der Waals surface area contributed by atoms with Gasteiger partial charge in [0.1, 0.15) is 0 Å². The molecule has 2 rings (SSSR count). The number of nitrogens with two attached hydrogens (primary N) is 1. The van der Waals surface area contributed by atoms with Gasteiger partial charge in [-0.2, -0.15) is 0 Å². The summed E-state index contributed by atoms with van der Waals surface area (Å²) in [6.07, 6.45) is 0. The summed E-state index contributed by atoms with van der Waals surface area (Å²) in [5.74, 6) is -0.154. The van der Waals surface area contributed by atoms with Crippen LogP contribution in [0.15, 0.2) is 0 Å². The van der Waals surface area contributed by atoms with Crippen molar-refractivity contribution in [1.29, 1.82) is 0 Å². The van der Waals surface area contributed by atoms with Crippen LogP contribution in [0, 0.1) is 5.92 Å². The molecule has 0 spiro atoms. The second kappa shape index (κ2) is 5.97. The first-order valence-corrected chi connectivity index (χ1v) is 6.57. The highest BCUT2D eigenvalue weighted by Gasteiger charge is 2.32. The molecule has 104 valence electrons. The topological polar surface area (TPSA) is 70.8 Å². The molecule has 0 aromatic carbocycles. The molecule has 1 amide bonds. The average molecular weight is 256 g/mol. The second-order valence-electron chi connectivity index (χ2n) is 5.45. The Morgan fingerprint density at radius 3 is 2.83 bits per heavy atom. The number of piperazine rings is 1. The first kappa shape index (κ1) is 13.7. The molecule has 3 N–H and O–H groups in total. The maximum atomic E-state index is 12.0. The van der Waals surface area contributed by atoms with Gasteiger partial charge < -0.3 is 20.7 Å². The predicted molar refractivity (Wildman–Crippen MR) is 69.2 cm³/mol. The number of carbonyl (C=O) groups is 1. The Morgan fingerprint density at radius 2 is 2.17 bits per heavy atom. The molecule has 2 saturated heterocycles. The third-order valence-electron chi connectivity index (χ3n) is 3.95. The van der Waals surface area contributed by atoms with E-state index in [-0.39, 0.29) is 17.9 Å². The van der Waals surface area contributed by atoms with E-state index in [9.17, 15) is 4.79 Å². The Labute approximate surface area is 108 Å². The summed E-state index contributed by atoms with van der Waals surface area (Å²) in [6.45, 7) is 4.75. The van der Waals surface area contributed by atoms with Crippen molar-refractivity contribution in [1.82, 2.24) is 15.1 Å². The van der Waals surface area contributed by atoms with Crippen LogP contribution in [0.3, 0.4) is 0 Å². The van der Waals surface area contributed by atoms with Crippen LogP contribution in [-0.4, -0.2) is 81.3 Å². The van der Waals surface area contributed by atoms with Crippen molar-refractivity contribution in [2.24, 2.45) is 11.7 Å². The molecule has 0 aliphatic carbocycles. The van der Waals surface area contributed by atoms with Gasteiger partial charge in [-0.25, -0.2) is 0 Å². The van der Waals surface area contributed by atoms with Gasteiger partial charge in [-0.05, 0) is 14.1 Å². The number of likely N-dealkylation sites (N-methyl/N-ethyl adjacent to an activating group) is 2. The summed E-state index contributed by atoms with van der Waals surface area (Å²) in [7, 11) is 4.22. The summed E-state index contributed by atoms with van der Waals surface area (Å²) in [5.41, 5.74) is 5.83. The lowest BCUT2D eigenvalue weighted by molar-refractivity contribution is -0.125. The number of rotatable bonds is 3. The maximum Gasteiger partial charge on any atom is 0.227 e. The highest BCUT2D eigenvalue weighted by molar-refractivity contribution is 5.79. The Bertz CT molecular complexity index is 300. The van der Waals surface area contributed by atoms with Crippen molar-refractivity contribution in [3.63, 3.8) is 0 Å². The minimum Gasteiger partial charge on any atom is -0.379 e. The molecule has 0 radical (unpaired) electrons. The molecular formula is C12H24N4O2. The van der Waals surface area contributed by atoms with E-state index in [1.54, 1.807) is 0 Å². The van der Waals surface area contributed by atoms with E-state index in [2.05, 4.69) is 29.2 Å². The molecule has 0 saturated carbocycles. The Balaban J connectivity index is 1.78. The molecule has 6 nitrogen and oxygen atoms in total. The first-order valence-electron chi connectivity index (χ1n) is 6.57. The number of hydrogen-bond acceptors (Lipinski definition) is 5. The SMILES string of the molecule is CN1CCN(C)C(CNC(=O)C2COCC2N)C1. The van der Waals surface area contributed by atoms with Crippen molar-refractivity contribution >= 4 is 5.91 Å². The molecule has 6 heteroatoms. The fraction of sp³-hybridized carbons (Fsp3) is 0.917. The molecule has 3 unspecified atom stereocenters. The lowest BCUT2D eigenvalue weighted by Crippen LogP contribution is -2.55. The number of ether oxygens (including phenoxy) is 1. The molecule has 2 aliphatic rings. The van der Waals surface area contributed by atoms with E-state index in [1.165, 1.54) is 0 Å². The van der Waals surface area contributed by atoms with Crippen LogP contribution in [0.4, 0.5) is 0 Å². The maximum absolute atomic E-state index is 12.0. The van der Waals surface area contributed by atoms with Crippen LogP contribution in [0.25, 0.3) is 0 Å². The van der Waals surface area contributed by atoms with Crippen molar-refractivity contribution in [3.05, 3.63) is 0 Å². The molecule has 2 aliphatic heterocycles. The van der Waals surface area contributed by atoms with Gasteiger partial charge in [0.25, 0.3) is 0 Å². The van der Waals surface area contributed by atoms with Crippen molar-refractivity contribution in [2.45, 2.75) is 12.1 Å². The van der Waals surface area contributed by atoms with Crippen LogP contribution in [0.1, 0.15) is 0 Å². The predicted octanol–water partition coefficient (Wildman–Crippen LogP) is -1.68. The summed E-state index contributed by atoms with van der Waals surface area (Å²) in [4.78, 5) is 16.6. The number of amides is 1. The molecule has 0 aromatic heterocycles. The van der Waals surface area contributed by atoms with Crippen molar-refractivity contribution < 1.29 is 9.53 Å². The van der Waals surface area contributed by atoms with E-state index < -0.39 is 0 Å². The highest BCUT2D eigenvalue weighted by Crippen LogP contribution is 2.12. The van der Waals surface area contributed by atoms with Crippen molar-refractivity contribution in [2.75, 3.05) is 53.5 Å². The van der Waals surface area contributed by atoms with Crippen LogP contribution in [-0.2, 0) is 9.53 Å². The lowest BCUT2D eigenvalue weighted by atomic mass is 10.0. The third-order valence-corrected chi connectivity index (χ3v) is 3.95. The quantitative estimate of drug-likeness (QED) is 0.631. The Morgan fingerprint density at radius 1 is 1.39 bits per heavy atom. The van der Waals surface area contributed by atoms with E-state index in [0.29, 0.717) is 25.8 Å². The molecule has 2 heterocycles. The first-order chi connectivity index (χ1) is 8.58. The number of carbonyl (C=O) groups excluding carboxylic acids is 1. The van der Waals surface area contributed by atoms with E-state index >= 15 is 0 Å². The molecular weight excluding hydrogens is 232 g/mol. The monoisotopic (exact) mass is 256 g/mol. The zero-order valence-electron chi connectivity index (χ0n) is 11.3. The van der Waals surface area contributed by atoms with Gasteiger partial charge in [0.2, 0.25) is 5.91 Å². The highest BCUT2D eigenvalue weighted by atomic mass is 16.5. The van der Waals surface area contributed by atoms with Gasteiger partial charge in [0.05, 0.1) is 19.1 Å². The molecule has 2 fully saturated rings. The lowest BCUT2D eigenvalue weighted by Gasteiger charge is -2.37. The van der Waals surface area contributed by atoms with E-state index in [4.69, 9.17) is 10.5 Å². The average Bonchev–Trinajstić information content (AvgIpc) is 2.76. The van der Waals surface area contributed by atoms with Gasteiger partial charge in [-0.15, -0.1) is 0 Å². The van der Waals surface area contributed by atoms with Gasteiger partial charge in [0, 0.05) is 38.3 Å². The fourth-order valence-electron chi connectivity index (χ4n) is 2.51. The summed E-state index contributed by atoms with van der Waals surface area (Å²) in [6, 6.07) is 0.225. The smallest absolute Gasteiger partial charge is 0.227 e. The third kappa shape index (κ3) is 3.20. The molecule has 3 atom stereocenters. The molecule has 18 heavy (non-hydrogen) atoms. The van der Waals surface area contributed by atoms with Gasteiger partial charge in [0.15, 0.2) is 0 Å². The minimum absolute atomic E-state index is 0.0293. The van der Waals surface area contributed by atoms with E-state index in [0.717, 1.165) is 19.6 Å². The van der Waals surface area contributed by atoms with Gasteiger partial charge in [-0.1, -0.05) is 0 Å². The number of hydrogen-bond donors (Lipinski definition) is 2. The largest absolute Gasteiger partial charge is 0.379 e.